The van der Waals surface area contributed by atoms with Crippen LogP contribution in [0.25, 0.3) is 0 Å². The molecule has 2 heterocycles. The first-order valence-electron chi connectivity index (χ1n) is 6.44. The largest absolute Gasteiger partial charge is 0.384 e. The molecule has 5 heteroatoms. The molecule has 0 fully saturated rings. The van der Waals surface area contributed by atoms with Gasteiger partial charge in [0.05, 0.1) is 11.9 Å². The number of pyridine rings is 1. The summed E-state index contributed by atoms with van der Waals surface area (Å²) in [5, 5.41) is 6.14. The molecular weight excluding hydrogens is 318 g/mol. The van der Waals surface area contributed by atoms with E-state index in [-0.39, 0.29) is 5.91 Å². The van der Waals surface area contributed by atoms with Crippen molar-refractivity contribution in [2.75, 3.05) is 17.2 Å². The summed E-state index contributed by atoms with van der Waals surface area (Å²) in [5.74, 6) is -0.120. The fourth-order valence-corrected chi connectivity index (χ4v) is 2.48. The summed E-state index contributed by atoms with van der Waals surface area (Å²) >= 11 is 3.34. The minimum atomic E-state index is -0.120. The number of hydrogen-bond acceptors (Lipinski definition) is 3. The number of fused-ring (bicyclic) bond motifs is 1. The molecule has 0 saturated carbocycles. The summed E-state index contributed by atoms with van der Waals surface area (Å²) in [6, 6.07) is 7.66. The Kier molecular flexibility index (Phi) is 3.44. The second-order valence-electron chi connectivity index (χ2n) is 4.83. The van der Waals surface area contributed by atoms with Crippen LogP contribution in [-0.4, -0.2) is 17.4 Å². The lowest BCUT2D eigenvalue weighted by Gasteiger charge is -2.08. The number of aromatic nitrogens is 1. The summed E-state index contributed by atoms with van der Waals surface area (Å²) in [6.07, 6.45) is 2.66. The molecule has 20 heavy (non-hydrogen) atoms. The lowest BCUT2D eigenvalue weighted by molar-refractivity contribution is 0.102. The van der Waals surface area contributed by atoms with E-state index in [1.165, 1.54) is 5.56 Å². The number of carbonyl (C=O) groups is 1. The van der Waals surface area contributed by atoms with Crippen molar-refractivity contribution in [3.63, 3.8) is 0 Å². The van der Waals surface area contributed by atoms with Gasteiger partial charge in [-0.3, -0.25) is 4.79 Å². The highest BCUT2D eigenvalue weighted by Gasteiger charge is 2.13. The fraction of sp³-hybridized carbons (Fsp3) is 0.200. The van der Waals surface area contributed by atoms with Gasteiger partial charge >= 0.3 is 0 Å². The molecule has 2 N–H and O–H groups in total. The van der Waals surface area contributed by atoms with Crippen LogP contribution in [0.4, 0.5) is 11.4 Å². The lowest BCUT2D eigenvalue weighted by Crippen LogP contribution is -2.12. The molecule has 1 aromatic carbocycles. The van der Waals surface area contributed by atoms with Crippen LogP contribution in [-0.2, 0) is 6.42 Å². The van der Waals surface area contributed by atoms with Crippen molar-refractivity contribution in [2.45, 2.75) is 13.3 Å². The van der Waals surface area contributed by atoms with Gasteiger partial charge in [-0.05, 0) is 58.6 Å². The van der Waals surface area contributed by atoms with E-state index < -0.39 is 0 Å². The quantitative estimate of drug-likeness (QED) is 0.829. The third-order valence-electron chi connectivity index (χ3n) is 3.35. The number of anilines is 2. The van der Waals surface area contributed by atoms with Gasteiger partial charge in [-0.2, -0.15) is 0 Å². The Hall–Kier alpha value is -1.88. The first kappa shape index (κ1) is 13.1. The average Bonchev–Trinajstić information content (AvgIpc) is 2.90. The molecule has 4 nitrogen and oxygen atoms in total. The maximum Gasteiger partial charge on any atom is 0.255 e. The van der Waals surface area contributed by atoms with Crippen molar-refractivity contribution in [2.24, 2.45) is 0 Å². The predicted molar refractivity (Wildman–Crippen MR) is 83.3 cm³/mol. The molecule has 0 bridgehead atoms. The number of amides is 1. The number of hydrogen-bond donors (Lipinski definition) is 2. The molecule has 2 aromatic rings. The molecule has 3 rings (SSSR count). The maximum absolute atomic E-state index is 12.2. The summed E-state index contributed by atoms with van der Waals surface area (Å²) in [4.78, 5) is 16.4. The highest BCUT2D eigenvalue weighted by molar-refractivity contribution is 9.10. The van der Waals surface area contributed by atoms with E-state index >= 15 is 0 Å². The number of aryl methyl sites for hydroxylation is 1. The van der Waals surface area contributed by atoms with Crippen LogP contribution in [0.15, 0.2) is 35.1 Å². The molecule has 0 radical (unpaired) electrons. The van der Waals surface area contributed by atoms with Gasteiger partial charge in [0.15, 0.2) is 0 Å². The third kappa shape index (κ3) is 2.54. The van der Waals surface area contributed by atoms with Crippen molar-refractivity contribution in [1.82, 2.24) is 4.98 Å². The highest BCUT2D eigenvalue weighted by Crippen LogP contribution is 2.24. The summed E-state index contributed by atoms with van der Waals surface area (Å²) in [7, 11) is 0. The van der Waals surface area contributed by atoms with Gasteiger partial charge in [0.1, 0.15) is 4.60 Å². The summed E-state index contributed by atoms with van der Waals surface area (Å²) < 4.78 is 0.789. The third-order valence-corrected chi connectivity index (χ3v) is 4.18. The van der Waals surface area contributed by atoms with Crippen LogP contribution in [0.1, 0.15) is 21.5 Å². The first-order chi connectivity index (χ1) is 9.63. The fourth-order valence-electron chi connectivity index (χ4n) is 2.26. The van der Waals surface area contributed by atoms with Gasteiger partial charge in [0, 0.05) is 17.8 Å². The van der Waals surface area contributed by atoms with Crippen molar-refractivity contribution in [3.05, 3.63) is 51.8 Å². The van der Waals surface area contributed by atoms with Gasteiger partial charge in [-0.1, -0.05) is 6.07 Å². The molecule has 0 aliphatic carbocycles. The van der Waals surface area contributed by atoms with E-state index in [0.29, 0.717) is 11.3 Å². The zero-order chi connectivity index (χ0) is 14.1. The van der Waals surface area contributed by atoms with Gasteiger partial charge in [-0.15, -0.1) is 0 Å². The molecule has 0 unspecified atom stereocenters. The Morgan fingerprint density at radius 2 is 2.25 bits per heavy atom. The van der Waals surface area contributed by atoms with Gasteiger partial charge in [0.2, 0.25) is 0 Å². The predicted octanol–water partition coefficient (Wildman–Crippen LogP) is 3.37. The number of nitrogens with zero attached hydrogens (tertiary/aromatic N) is 1. The molecule has 0 atom stereocenters. The number of halogens is 1. The van der Waals surface area contributed by atoms with Crippen LogP contribution >= 0.6 is 15.9 Å². The zero-order valence-electron chi connectivity index (χ0n) is 11.0. The van der Waals surface area contributed by atoms with E-state index in [4.69, 9.17) is 0 Å². The minimum absolute atomic E-state index is 0.120. The molecule has 1 aliphatic rings. The lowest BCUT2D eigenvalue weighted by atomic mass is 10.1. The van der Waals surface area contributed by atoms with Crippen LogP contribution in [0.3, 0.4) is 0 Å². The topological polar surface area (TPSA) is 54.0 Å². The monoisotopic (exact) mass is 331 g/mol. The van der Waals surface area contributed by atoms with Crippen LogP contribution in [0.5, 0.6) is 0 Å². The minimum Gasteiger partial charge on any atom is -0.384 e. The molecule has 1 aliphatic heterocycles. The van der Waals surface area contributed by atoms with Crippen molar-refractivity contribution in [1.29, 1.82) is 0 Å². The van der Waals surface area contributed by atoms with Crippen molar-refractivity contribution in [3.8, 4) is 0 Å². The van der Waals surface area contributed by atoms with Gasteiger partial charge < -0.3 is 10.6 Å². The molecular formula is C15H14BrN3O. The molecule has 1 aromatic heterocycles. The number of benzene rings is 1. The van der Waals surface area contributed by atoms with Crippen LogP contribution in [0.2, 0.25) is 0 Å². The van der Waals surface area contributed by atoms with E-state index in [9.17, 15) is 4.79 Å². The molecule has 0 saturated heterocycles. The average molecular weight is 332 g/mol. The summed E-state index contributed by atoms with van der Waals surface area (Å²) in [5.41, 5.74) is 4.66. The van der Waals surface area contributed by atoms with Gasteiger partial charge in [0.25, 0.3) is 5.91 Å². The second kappa shape index (κ2) is 5.25. The van der Waals surface area contributed by atoms with Gasteiger partial charge in [-0.25, -0.2) is 4.98 Å². The molecule has 102 valence electrons. The first-order valence-corrected chi connectivity index (χ1v) is 7.23. The Bertz CT molecular complexity index is 685. The standard InChI is InChI=1S/C15H14BrN3O/c1-9-6-12(8-18-14(9)16)19-15(20)11-3-2-10-4-5-17-13(10)7-11/h2-3,6-8,17H,4-5H2,1H3,(H,19,20). The van der Waals surface area contributed by atoms with E-state index in [0.717, 1.165) is 28.8 Å². The Morgan fingerprint density at radius 1 is 1.40 bits per heavy atom. The van der Waals surface area contributed by atoms with E-state index in [2.05, 4.69) is 31.5 Å². The Morgan fingerprint density at radius 3 is 3.05 bits per heavy atom. The normalized spacial score (nSPS) is 12.7. The van der Waals surface area contributed by atoms with Crippen molar-refractivity contribution >= 4 is 33.2 Å². The van der Waals surface area contributed by atoms with Crippen LogP contribution in [0, 0.1) is 6.92 Å². The molecule has 1 amide bonds. The van der Waals surface area contributed by atoms with E-state index in [1.807, 2.05) is 31.2 Å². The Labute approximate surface area is 125 Å². The number of nitrogens with one attached hydrogen (secondary N) is 2. The second-order valence-corrected chi connectivity index (χ2v) is 5.59. The SMILES string of the molecule is Cc1cc(NC(=O)c2ccc3c(c2)NCC3)cnc1Br. The van der Waals surface area contributed by atoms with Crippen molar-refractivity contribution < 1.29 is 4.79 Å². The smallest absolute Gasteiger partial charge is 0.255 e. The zero-order valence-corrected chi connectivity index (χ0v) is 12.6. The number of rotatable bonds is 2. The Balaban J connectivity index is 1.80. The molecule has 0 spiro atoms. The van der Waals surface area contributed by atoms with E-state index in [1.54, 1.807) is 6.20 Å². The van der Waals surface area contributed by atoms with Crippen LogP contribution < -0.4 is 10.6 Å². The highest BCUT2D eigenvalue weighted by atomic mass is 79.9. The summed E-state index contributed by atoms with van der Waals surface area (Å²) in [6.45, 7) is 2.88. The number of carbonyl (C=O) groups excluding carboxylic acids is 1. The maximum atomic E-state index is 12.2.